The monoisotopic (exact) mass is 212 g/mol. The molecule has 0 saturated heterocycles. The van der Waals surface area contributed by atoms with Crippen LogP contribution in [0.2, 0.25) is 0 Å². The molecule has 2 rings (SSSR count). The lowest BCUT2D eigenvalue weighted by Gasteiger charge is -2.09. The van der Waals surface area contributed by atoms with Crippen LogP contribution in [0, 0.1) is 11.3 Å². The van der Waals surface area contributed by atoms with Crippen LogP contribution in [0.15, 0.2) is 42.6 Å². The zero-order chi connectivity index (χ0) is 11.4. The van der Waals surface area contributed by atoms with Crippen molar-refractivity contribution in [2.24, 2.45) is 0 Å². The lowest BCUT2D eigenvalue weighted by Crippen LogP contribution is -2.02. The molecule has 16 heavy (non-hydrogen) atoms. The first-order valence-corrected chi connectivity index (χ1v) is 5.02. The van der Waals surface area contributed by atoms with Gasteiger partial charge in [-0.2, -0.15) is 5.26 Å². The second-order valence-electron chi connectivity index (χ2n) is 3.44. The number of para-hydroxylation sites is 1. The van der Waals surface area contributed by atoms with Crippen molar-refractivity contribution >= 4 is 0 Å². The van der Waals surface area contributed by atoms with Crippen molar-refractivity contribution < 1.29 is 4.74 Å². The number of rotatable bonds is 3. The summed E-state index contributed by atoms with van der Waals surface area (Å²) in [4.78, 5) is 0. The summed E-state index contributed by atoms with van der Waals surface area (Å²) < 4.78 is 7.17. The van der Waals surface area contributed by atoms with Gasteiger partial charge in [-0.25, -0.2) is 0 Å². The Kier molecular flexibility index (Phi) is 2.93. The van der Waals surface area contributed by atoms with E-state index in [1.54, 1.807) is 13.2 Å². The van der Waals surface area contributed by atoms with Crippen LogP contribution in [-0.4, -0.2) is 11.7 Å². The van der Waals surface area contributed by atoms with Gasteiger partial charge in [0.15, 0.2) is 0 Å². The zero-order valence-corrected chi connectivity index (χ0v) is 9.05. The third kappa shape index (κ3) is 1.91. The Labute approximate surface area is 94.5 Å². The van der Waals surface area contributed by atoms with Crippen molar-refractivity contribution in [3.05, 3.63) is 53.9 Å². The highest BCUT2D eigenvalue weighted by atomic mass is 16.5. The molecule has 0 aliphatic heterocycles. The van der Waals surface area contributed by atoms with Crippen LogP contribution in [0.25, 0.3) is 0 Å². The summed E-state index contributed by atoms with van der Waals surface area (Å²) in [7, 11) is 1.65. The van der Waals surface area contributed by atoms with Gasteiger partial charge in [0.1, 0.15) is 17.5 Å². The van der Waals surface area contributed by atoms with E-state index in [2.05, 4.69) is 6.07 Å². The van der Waals surface area contributed by atoms with Gasteiger partial charge in [0.25, 0.3) is 0 Å². The molecule has 2 aromatic rings. The van der Waals surface area contributed by atoms with Crippen LogP contribution in [-0.2, 0) is 6.54 Å². The van der Waals surface area contributed by atoms with E-state index < -0.39 is 0 Å². The van der Waals surface area contributed by atoms with Crippen LogP contribution in [0.4, 0.5) is 0 Å². The number of methoxy groups -OCH3 is 1. The minimum absolute atomic E-state index is 0.653. The molecular weight excluding hydrogens is 200 g/mol. The van der Waals surface area contributed by atoms with Gasteiger partial charge in [-0.05, 0) is 18.2 Å². The predicted octanol–water partition coefficient (Wildman–Crippen LogP) is 2.42. The summed E-state index contributed by atoms with van der Waals surface area (Å²) in [6.07, 6.45) is 1.89. The molecule has 0 bridgehead atoms. The largest absolute Gasteiger partial charge is 0.496 e. The van der Waals surface area contributed by atoms with Crippen molar-refractivity contribution in [1.29, 1.82) is 5.26 Å². The first-order valence-electron chi connectivity index (χ1n) is 5.02. The van der Waals surface area contributed by atoms with Crippen LogP contribution < -0.4 is 4.74 Å². The fourth-order valence-electron chi connectivity index (χ4n) is 1.67. The summed E-state index contributed by atoms with van der Waals surface area (Å²) in [5.74, 6) is 0.847. The maximum absolute atomic E-state index is 8.91. The standard InChI is InChI=1S/C13H12N2O/c1-16-13-7-3-2-5-11(13)10-15-8-4-6-12(15)9-14/h2-8H,10H2,1H3. The highest BCUT2D eigenvalue weighted by Gasteiger charge is 2.04. The van der Waals surface area contributed by atoms with Crippen LogP contribution in [0.3, 0.4) is 0 Å². The fraction of sp³-hybridized carbons (Fsp3) is 0.154. The number of aromatic nitrogens is 1. The van der Waals surface area contributed by atoms with Crippen molar-refractivity contribution in [3.8, 4) is 11.8 Å². The average molecular weight is 212 g/mol. The Hall–Kier alpha value is -2.21. The maximum atomic E-state index is 8.91. The Morgan fingerprint density at radius 1 is 1.25 bits per heavy atom. The fourth-order valence-corrected chi connectivity index (χ4v) is 1.67. The lowest BCUT2D eigenvalue weighted by molar-refractivity contribution is 0.408. The first-order chi connectivity index (χ1) is 7.85. The molecular formula is C13H12N2O. The molecule has 3 heteroatoms. The van der Waals surface area contributed by atoms with Crippen molar-refractivity contribution in [3.63, 3.8) is 0 Å². The molecule has 80 valence electrons. The van der Waals surface area contributed by atoms with Gasteiger partial charge < -0.3 is 9.30 Å². The van der Waals surface area contributed by atoms with E-state index in [9.17, 15) is 0 Å². The molecule has 0 saturated carbocycles. The minimum Gasteiger partial charge on any atom is -0.496 e. The second-order valence-corrected chi connectivity index (χ2v) is 3.44. The van der Waals surface area contributed by atoms with E-state index in [1.165, 1.54) is 0 Å². The van der Waals surface area contributed by atoms with E-state index in [1.807, 2.05) is 41.1 Å². The van der Waals surface area contributed by atoms with Gasteiger partial charge in [0, 0.05) is 11.8 Å². The average Bonchev–Trinajstić information content (AvgIpc) is 2.77. The molecule has 0 amide bonds. The number of hydrogen-bond donors (Lipinski definition) is 0. The van der Waals surface area contributed by atoms with Crippen LogP contribution >= 0.6 is 0 Å². The summed E-state index contributed by atoms with van der Waals surface area (Å²) in [6.45, 7) is 0.653. The van der Waals surface area contributed by atoms with E-state index in [0.717, 1.165) is 11.3 Å². The molecule has 1 aromatic carbocycles. The molecule has 0 aliphatic carbocycles. The van der Waals surface area contributed by atoms with E-state index >= 15 is 0 Å². The minimum atomic E-state index is 0.653. The van der Waals surface area contributed by atoms with Crippen molar-refractivity contribution in [2.75, 3.05) is 7.11 Å². The SMILES string of the molecule is COc1ccccc1Cn1cccc1C#N. The van der Waals surface area contributed by atoms with E-state index in [-0.39, 0.29) is 0 Å². The highest BCUT2D eigenvalue weighted by Crippen LogP contribution is 2.19. The van der Waals surface area contributed by atoms with Gasteiger partial charge in [0.2, 0.25) is 0 Å². The summed E-state index contributed by atoms with van der Waals surface area (Å²) in [5, 5.41) is 8.91. The molecule has 0 aliphatic rings. The number of nitriles is 1. The Morgan fingerprint density at radius 2 is 2.06 bits per heavy atom. The molecule has 0 atom stereocenters. The molecule has 0 unspecified atom stereocenters. The molecule has 1 aromatic heterocycles. The smallest absolute Gasteiger partial charge is 0.123 e. The Balaban J connectivity index is 2.31. The molecule has 0 fully saturated rings. The lowest BCUT2D eigenvalue weighted by atomic mass is 10.2. The number of nitrogens with zero attached hydrogens (tertiary/aromatic N) is 2. The molecule has 3 nitrogen and oxygen atoms in total. The van der Waals surface area contributed by atoms with Gasteiger partial charge in [0.05, 0.1) is 13.7 Å². The third-order valence-electron chi connectivity index (χ3n) is 2.48. The molecule has 0 N–H and O–H groups in total. The van der Waals surface area contributed by atoms with Gasteiger partial charge in [-0.15, -0.1) is 0 Å². The summed E-state index contributed by atoms with van der Waals surface area (Å²) >= 11 is 0. The summed E-state index contributed by atoms with van der Waals surface area (Å²) in [6, 6.07) is 13.6. The Morgan fingerprint density at radius 3 is 2.81 bits per heavy atom. The number of benzene rings is 1. The Bertz CT molecular complexity index is 523. The first kappa shape index (κ1) is 10.3. The van der Waals surface area contributed by atoms with E-state index in [0.29, 0.717) is 12.2 Å². The van der Waals surface area contributed by atoms with Crippen LogP contribution in [0.1, 0.15) is 11.3 Å². The van der Waals surface area contributed by atoms with Gasteiger partial charge in [-0.3, -0.25) is 0 Å². The topological polar surface area (TPSA) is 38.0 Å². The summed E-state index contributed by atoms with van der Waals surface area (Å²) in [5.41, 5.74) is 1.73. The molecule has 1 heterocycles. The maximum Gasteiger partial charge on any atom is 0.123 e. The van der Waals surface area contributed by atoms with Gasteiger partial charge in [-0.1, -0.05) is 18.2 Å². The van der Waals surface area contributed by atoms with Crippen molar-refractivity contribution in [2.45, 2.75) is 6.54 Å². The van der Waals surface area contributed by atoms with Crippen LogP contribution in [0.5, 0.6) is 5.75 Å². The third-order valence-corrected chi connectivity index (χ3v) is 2.48. The number of hydrogen-bond acceptors (Lipinski definition) is 2. The number of ether oxygens (including phenoxy) is 1. The quantitative estimate of drug-likeness (QED) is 0.783. The van der Waals surface area contributed by atoms with E-state index in [4.69, 9.17) is 10.00 Å². The zero-order valence-electron chi connectivity index (χ0n) is 9.05. The van der Waals surface area contributed by atoms with Crippen molar-refractivity contribution in [1.82, 2.24) is 4.57 Å². The normalized spacial score (nSPS) is 9.75. The second kappa shape index (κ2) is 4.54. The molecule has 0 spiro atoms. The van der Waals surface area contributed by atoms with Gasteiger partial charge >= 0.3 is 0 Å². The predicted molar refractivity (Wildman–Crippen MR) is 61.2 cm³/mol. The highest BCUT2D eigenvalue weighted by molar-refractivity contribution is 5.34. The molecule has 0 radical (unpaired) electrons.